The molecule has 0 aliphatic heterocycles. The fourth-order valence-corrected chi connectivity index (χ4v) is 2.40. The molecule has 0 radical (unpaired) electrons. The fourth-order valence-electron chi connectivity index (χ4n) is 2.40. The number of rotatable bonds is 7. The van der Waals surface area contributed by atoms with E-state index < -0.39 is 0 Å². The van der Waals surface area contributed by atoms with Crippen LogP contribution < -0.4 is 5.32 Å². The van der Waals surface area contributed by atoms with E-state index in [4.69, 9.17) is 0 Å². The van der Waals surface area contributed by atoms with E-state index in [2.05, 4.69) is 58.1 Å². The Kier molecular flexibility index (Phi) is 6.24. The predicted molar refractivity (Wildman–Crippen MR) is 82.3 cm³/mol. The van der Waals surface area contributed by atoms with Gasteiger partial charge in [0.05, 0.1) is 0 Å². The lowest BCUT2D eigenvalue weighted by atomic mass is 9.97. The summed E-state index contributed by atoms with van der Waals surface area (Å²) >= 11 is 0. The average molecular weight is 247 g/mol. The van der Waals surface area contributed by atoms with E-state index in [1.165, 1.54) is 36.1 Å². The molecule has 0 spiro atoms. The van der Waals surface area contributed by atoms with Gasteiger partial charge < -0.3 is 5.32 Å². The molecule has 1 N–H and O–H groups in total. The quantitative estimate of drug-likeness (QED) is 0.699. The molecule has 1 nitrogen and oxygen atoms in total. The molecule has 0 saturated heterocycles. The molecule has 0 amide bonds. The first-order valence-corrected chi connectivity index (χ1v) is 7.46. The van der Waals surface area contributed by atoms with Crippen LogP contribution in [0.5, 0.6) is 0 Å². The van der Waals surface area contributed by atoms with Crippen molar-refractivity contribution in [3.05, 3.63) is 29.3 Å². The lowest BCUT2D eigenvalue weighted by molar-refractivity contribution is 0.462. The van der Waals surface area contributed by atoms with E-state index in [1.54, 1.807) is 0 Å². The second-order valence-electron chi connectivity index (χ2n) is 5.49. The molecule has 1 aromatic rings. The molecular formula is C17H29N. The van der Waals surface area contributed by atoms with E-state index in [-0.39, 0.29) is 0 Å². The fraction of sp³-hybridized carbons (Fsp3) is 0.647. The Morgan fingerprint density at radius 1 is 1.11 bits per heavy atom. The maximum absolute atomic E-state index is 3.69. The zero-order valence-electron chi connectivity index (χ0n) is 12.7. The van der Waals surface area contributed by atoms with Gasteiger partial charge in [0, 0.05) is 11.7 Å². The molecule has 2 unspecified atom stereocenters. The third-order valence-electron chi connectivity index (χ3n) is 3.97. The predicted octanol–water partition coefficient (Wildman–Crippen LogP) is 5.18. The molecule has 102 valence electrons. The van der Waals surface area contributed by atoms with Crippen molar-refractivity contribution in [1.29, 1.82) is 0 Å². The van der Waals surface area contributed by atoms with E-state index in [0.29, 0.717) is 6.04 Å². The van der Waals surface area contributed by atoms with Crippen LogP contribution in [0.2, 0.25) is 0 Å². The largest absolute Gasteiger partial charge is 0.382 e. The summed E-state index contributed by atoms with van der Waals surface area (Å²) < 4.78 is 0. The highest BCUT2D eigenvalue weighted by Gasteiger charge is 2.10. The van der Waals surface area contributed by atoms with Crippen LogP contribution in [0, 0.1) is 12.8 Å². The van der Waals surface area contributed by atoms with Crippen molar-refractivity contribution in [2.45, 2.75) is 66.3 Å². The minimum Gasteiger partial charge on any atom is -0.382 e. The normalized spacial score (nSPS) is 14.3. The highest BCUT2D eigenvalue weighted by molar-refractivity contribution is 5.49. The second-order valence-corrected chi connectivity index (χ2v) is 5.49. The molecule has 0 aliphatic carbocycles. The average Bonchev–Trinajstić information content (AvgIpc) is 2.38. The van der Waals surface area contributed by atoms with Crippen molar-refractivity contribution in [2.75, 3.05) is 5.32 Å². The lowest BCUT2D eigenvalue weighted by Crippen LogP contribution is -2.21. The van der Waals surface area contributed by atoms with Gasteiger partial charge in [-0.05, 0) is 55.4 Å². The Hall–Kier alpha value is -0.980. The Bertz CT molecular complexity index is 357. The topological polar surface area (TPSA) is 12.0 Å². The summed E-state index contributed by atoms with van der Waals surface area (Å²) in [6, 6.07) is 7.38. The number of aryl methyl sites for hydroxylation is 2. The van der Waals surface area contributed by atoms with Crippen LogP contribution >= 0.6 is 0 Å². The van der Waals surface area contributed by atoms with Crippen LogP contribution in [0.15, 0.2) is 18.2 Å². The van der Waals surface area contributed by atoms with Crippen molar-refractivity contribution in [3.63, 3.8) is 0 Å². The van der Waals surface area contributed by atoms with Crippen LogP contribution in [0.3, 0.4) is 0 Å². The summed E-state index contributed by atoms with van der Waals surface area (Å²) in [4.78, 5) is 0. The molecule has 1 rings (SSSR count). The van der Waals surface area contributed by atoms with Gasteiger partial charge >= 0.3 is 0 Å². The second kappa shape index (κ2) is 7.45. The van der Waals surface area contributed by atoms with Crippen LogP contribution in [0.1, 0.15) is 58.1 Å². The summed E-state index contributed by atoms with van der Waals surface area (Å²) in [5.41, 5.74) is 4.14. The van der Waals surface area contributed by atoms with Crippen LogP contribution in [-0.4, -0.2) is 6.04 Å². The maximum atomic E-state index is 3.69. The summed E-state index contributed by atoms with van der Waals surface area (Å²) in [5.74, 6) is 0.804. The van der Waals surface area contributed by atoms with Crippen molar-refractivity contribution >= 4 is 5.69 Å². The molecule has 1 aromatic carbocycles. The van der Waals surface area contributed by atoms with Gasteiger partial charge in [0.15, 0.2) is 0 Å². The van der Waals surface area contributed by atoms with Crippen LogP contribution in [-0.2, 0) is 6.42 Å². The molecule has 0 heterocycles. The third kappa shape index (κ3) is 4.36. The first-order valence-electron chi connectivity index (χ1n) is 7.46. The number of benzene rings is 1. The highest BCUT2D eigenvalue weighted by Crippen LogP contribution is 2.20. The highest BCUT2D eigenvalue weighted by atomic mass is 14.9. The number of nitrogens with one attached hydrogen (secondary N) is 1. The summed E-state index contributed by atoms with van der Waals surface area (Å²) in [6.07, 6.45) is 4.85. The van der Waals surface area contributed by atoms with Gasteiger partial charge in [-0.3, -0.25) is 0 Å². The van der Waals surface area contributed by atoms with Crippen LogP contribution in [0.4, 0.5) is 5.69 Å². The Morgan fingerprint density at radius 3 is 2.33 bits per heavy atom. The third-order valence-corrected chi connectivity index (χ3v) is 3.97. The smallest absolute Gasteiger partial charge is 0.0345 e. The minimum atomic E-state index is 0.604. The standard InChI is InChI=1S/C17H29N/c1-6-13(4)11-16(8-3)18-17-10-9-15(7-2)14(5)12-17/h9-10,12-13,16,18H,6-8,11H2,1-5H3. The van der Waals surface area contributed by atoms with E-state index >= 15 is 0 Å². The van der Waals surface area contributed by atoms with Crippen molar-refractivity contribution in [1.82, 2.24) is 0 Å². The maximum Gasteiger partial charge on any atom is 0.0345 e. The first-order chi connectivity index (χ1) is 8.60. The zero-order chi connectivity index (χ0) is 13.5. The molecule has 0 aromatic heterocycles. The number of anilines is 1. The molecule has 0 aliphatic rings. The van der Waals surface area contributed by atoms with Gasteiger partial charge in [0.1, 0.15) is 0 Å². The van der Waals surface area contributed by atoms with Gasteiger partial charge in [-0.25, -0.2) is 0 Å². The van der Waals surface area contributed by atoms with Gasteiger partial charge in [0.2, 0.25) is 0 Å². The summed E-state index contributed by atoms with van der Waals surface area (Å²) in [7, 11) is 0. The van der Waals surface area contributed by atoms with Crippen molar-refractivity contribution in [2.24, 2.45) is 5.92 Å². The van der Waals surface area contributed by atoms with E-state index in [0.717, 1.165) is 12.3 Å². The van der Waals surface area contributed by atoms with Gasteiger partial charge in [-0.2, -0.15) is 0 Å². The SMILES string of the molecule is CCc1ccc(NC(CC)CC(C)CC)cc1C. The van der Waals surface area contributed by atoms with Crippen LogP contribution in [0.25, 0.3) is 0 Å². The number of hydrogen-bond acceptors (Lipinski definition) is 1. The van der Waals surface area contributed by atoms with Crippen molar-refractivity contribution in [3.8, 4) is 0 Å². The number of hydrogen-bond donors (Lipinski definition) is 1. The Balaban J connectivity index is 2.67. The molecule has 18 heavy (non-hydrogen) atoms. The molecular weight excluding hydrogens is 218 g/mol. The van der Waals surface area contributed by atoms with Gasteiger partial charge in [0.25, 0.3) is 0 Å². The molecule has 1 heteroatoms. The zero-order valence-corrected chi connectivity index (χ0v) is 12.7. The Labute approximate surface area is 113 Å². The Morgan fingerprint density at radius 2 is 1.83 bits per heavy atom. The van der Waals surface area contributed by atoms with Crippen molar-refractivity contribution < 1.29 is 0 Å². The molecule has 0 bridgehead atoms. The lowest BCUT2D eigenvalue weighted by Gasteiger charge is -2.22. The molecule has 0 fully saturated rings. The monoisotopic (exact) mass is 247 g/mol. The first kappa shape index (κ1) is 15.1. The summed E-state index contributed by atoms with van der Waals surface area (Å²) in [5, 5.41) is 3.69. The molecule has 2 atom stereocenters. The van der Waals surface area contributed by atoms with Gasteiger partial charge in [-0.15, -0.1) is 0 Å². The minimum absolute atomic E-state index is 0.604. The summed E-state index contributed by atoms with van der Waals surface area (Å²) in [6.45, 7) is 11.3. The van der Waals surface area contributed by atoms with E-state index in [9.17, 15) is 0 Å². The van der Waals surface area contributed by atoms with Gasteiger partial charge in [-0.1, -0.05) is 40.2 Å². The van der Waals surface area contributed by atoms with E-state index in [1.807, 2.05) is 0 Å². The molecule has 0 saturated carbocycles.